The van der Waals surface area contributed by atoms with E-state index in [4.69, 9.17) is 0 Å². The van der Waals surface area contributed by atoms with Crippen LogP contribution in [0, 0.1) is 0 Å². The van der Waals surface area contributed by atoms with Gasteiger partial charge in [-0.2, -0.15) is 0 Å². The average Bonchev–Trinajstić information content (AvgIpc) is 2.29. The van der Waals surface area contributed by atoms with E-state index in [-0.39, 0.29) is 0 Å². The Kier molecular flexibility index (Phi) is 3.40. The van der Waals surface area contributed by atoms with Gasteiger partial charge < -0.3 is 4.57 Å². The van der Waals surface area contributed by atoms with Gasteiger partial charge >= 0.3 is 0 Å². The van der Waals surface area contributed by atoms with Gasteiger partial charge in [-0.15, -0.1) is 0 Å². The number of hydrogen-bond donors (Lipinski definition) is 0. The molecule has 0 fully saturated rings. The van der Waals surface area contributed by atoms with Crippen LogP contribution in [0.2, 0.25) is 0 Å². The fourth-order valence-corrected chi connectivity index (χ4v) is 3.36. The first-order valence-electron chi connectivity index (χ1n) is 4.63. The fraction of sp³-hybridized carbons (Fsp3) is 0. The fourth-order valence-electron chi connectivity index (χ4n) is 1.39. The molecule has 0 spiro atoms. The minimum Gasteiger partial charge on any atom is -0.317 e. The third-order valence-electron chi connectivity index (χ3n) is 2.12. The highest BCUT2D eigenvalue weighted by Gasteiger charge is 2.05. The van der Waals surface area contributed by atoms with E-state index in [0.717, 1.165) is 15.1 Å². The Labute approximate surface area is 98.1 Å². The maximum Gasteiger partial charge on any atom is 0.131 e. The molecular weight excluding hydrogens is 271 g/mol. The van der Waals surface area contributed by atoms with Crippen molar-refractivity contribution in [1.29, 1.82) is 0 Å². The van der Waals surface area contributed by atoms with E-state index >= 15 is 0 Å². The summed E-state index contributed by atoms with van der Waals surface area (Å²) in [6, 6.07) is 17.2. The van der Waals surface area contributed by atoms with Crippen molar-refractivity contribution in [2.45, 2.75) is 0 Å². The summed E-state index contributed by atoms with van der Waals surface area (Å²) in [7, 11) is -1.85. The lowest BCUT2D eigenvalue weighted by molar-refractivity contribution is 0.598. The topological polar surface area (TPSA) is 17.1 Å². The highest BCUT2D eigenvalue weighted by atomic mass is 79.9. The standard InChI is InChI=1S/C12H10BrOP/c13-10-5-4-8-12(9-10)15(14)11-6-2-1-3-7-11/h1-9,15H. The van der Waals surface area contributed by atoms with Gasteiger partial charge in [0.2, 0.25) is 0 Å². The lowest BCUT2D eigenvalue weighted by atomic mass is 10.4. The summed E-state index contributed by atoms with van der Waals surface area (Å²) in [5.41, 5.74) is 0. The van der Waals surface area contributed by atoms with Crippen molar-refractivity contribution in [3.63, 3.8) is 0 Å². The van der Waals surface area contributed by atoms with Crippen molar-refractivity contribution < 1.29 is 4.57 Å². The Balaban J connectivity index is 2.37. The van der Waals surface area contributed by atoms with Gasteiger partial charge in [0.1, 0.15) is 7.80 Å². The Morgan fingerprint density at radius 1 is 0.867 bits per heavy atom. The summed E-state index contributed by atoms with van der Waals surface area (Å²) >= 11 is 3.38. The zero-order valence-electron chi connectivity index (χ0n) is 7.98. The quantitative estimate of drug-likeness (QED) is 0.773. The summed E-state index contributed by atoms with van der Waals surface area (Å²) in [5.74, 6) is 0. The van der Waals surface area contributed by atoms with Gasteiger partial charge in [-0.1, -0.05) is 58.4 Å². The van der Waals surface area contributed by atoms with E-state index < -0.39 is 7.80 Å². The molecule has 0 N–H and O–H groups in total. The minimum absolute atomic E-state index is 0.889. The lowest BCUT2D eigenvalue weighted by Gasteiger charge is -2.02. The molecule has 0 heterocycles. The average molecular weight is 281 g/mol. The van der Waals surface area contributed by atoms with Crippen molar-refractivity contribution in [1.82, 2.24) is 0 Å². The molecule has 0 aliphatic carbocycles. The van der Waals surface area contributed by atoms with E-state index in [1.54, 1.807) is 0 Å². The zero-order valence-corrected chi connectivity index (χ0v) is 10.6. The van der Waals surface area contributed by atoms with Crippen LogP contribution in [0.1, 0.15) is 0 Å². The number of benzene rings is 2. The largest absolute Gasteiger partial charge is 0.317 e. The molecule has 0 aliphatic heterocycles. The molecule has 0 aliphatic rings. The van der Waals surface area contributed by atoms with Gasteiger partial charge in [-0.3, -0.25) is 0 Å². The van der Waals surface area contributed by atoms with Crippen LogP contribution in [0.4, 0.5) is 0 Å². The smallest absolute Gasteiger partial charge is 0.131 e. The lowest BCUT2D eigenvalue weighted by Crippen LogP contribution is -2.05. The number of rotatable bonds is 2. The van der Waals surface area contributed by atoms with Crippen molar-refractivity contribution in [2.75, 3.05) is 0 Å². The summed E-state index contributed by atoms with van der Waals surface area (Å²) in [4.78, 5) is 0. The molecule has 76 valence electrons. The van der Waals surface area contributed by atoms with E-state index in [9.17, 15) is 4.57 Å². The number of halogens is 1. The second-order valence-electron chi connectivity index (χ2n) is 3.21. The van der Waals surface area contributed by atoms with Crippen molar-refractivity contribution in [2.24, 2.45) is 0 Å². The third kappa shape index (κ3) is 2.58. The third-order valence-corrected chi connectivity index (χ3v) is 4.31. The molecular formula is C12H10BrOP. The van der Waals surface area contributed by atoms with Gasteiger partial charge in [0.15, 0.2) is 0 Å². The maximum atomic E-state index is 12.2. The van der Waals surface area contributed by atoms with Crippen LogP contribution >= 0.6 is 23.7 Å². The minimum atomic E-state index is -1.85. The summed E-state index contributed by atoms with van der Waals surface area (Å²) in [5, 5.41) is 1.79. The van der Waals surface area contributed by atoms with Crippen LogP contribution in [-0.4, -0.2) is 0 Å². The van der Waals surface area contributed by atoms with Gasteiger partial charge in [0, 0.05) is 15.1 Å². The van der Waals surface area contributed by atoms with Gasteiger partial charge in [0.25, 0.3) is 0 Å². The van der Waals surface area contributed by atoms with E-state index in [1.165, 1.54) is 0 Å². The Hall–Kier alpha value is -0.850. The van der Waals surface area contributed by atoms with Crippen molar-refractivity contribution in [3.05, 3.63) is 59.1 Å². The van der Waals surface area contributed by atoms with Gasteiger partial charge in [-0.25, -0.2) is 0 Å². The molecule has 2 aromatic rings. The molecule has 1 unspecified atom stereocenters. The van der Waals surface area contributed by atoms with E-state index in [1.807, 2.05) is 54.6 Å². The molecule has 0 saturated heterocycles. The second-order valence-corrected chi connectivity index (χ2v) is 5.93. The Morgan fingerprint density at radius 3 is 2.20 bits per heavy atom. The Bertz CT molecular complexity index is 482. The monoisotopic (exact) mass is 280 g/mol. The van der Waals surface area contributed by atoms with Gasteiger partial charge in [-0.05, 0) is 12.1 Å². The van der Waals surface area contributed by atoms with Crippen LogP contribution < -0.4 is 10.6 Å². The zero-order chi connectivity index (χ0) is 10.7. The van der Waals surface area contributed by atoms with Crippen LogP contribution in [0.15, 0.2) is 59.1 Å². The maximum absolute atomic E-state index is 12.2. The summed E-state index contributed by atoms with van der Waals surface area (Å²) in [6.45, 7) is 0. The molecule has 0 aromatic heterocycles. The predicted octanol–water partition coefficient (Wildman–Crippen LogP) is 2.96. The molecule has 15 heavy (non-hydrogen) atoms. The first kappa shape index (κ1) is 10.7. The van der Waals surface area contributed by atoms with Crippen molar-refractivity contribution >= 4 is 34.3 Å². The normalized spacial score (nSPS) is 12.3. The van der Waals surface area contributed by atoms with E-state index in [0.29, 0.717) is 0 Å². The second kappa shape index (κ2) is 4.78. The van der Waals surface area contributed by atoms with Crippen molar-refractivity contribution in [3.8, 4) is 0 Å². The summed E-state index contributed by atoms with van der Waals surface area (Å²) in [6.07, 6.45) is 0. The first-order valence-corrected chi connectivity index (χ1v) is 6.83. The van der Waals surface area contributed by atoms with Gasteiger partial charge in [0.05, 0.1) is 0 Å². The molecule has 3 heteroatoms. The highest BCUT2D eigenvalue weighted by Crippen LogP contribution is 2.20. The highest BCUT2D eigenvalue weighted by molar-refractivity contribution is 9.10. The molecule has 2 rings (SSSR count). The van der Waals surface area contributed by atoms with E-state index in [2.05, 4.69) is 15.9 Å². The molecule has 2 aromatic carbocycles. The Morgan fingerprint density at radius 2 is 1.53 bits per heavy atom. The SMILES string of the molecule is O=[PH](c1ccccc1)c1cccc(Br)c1. The molecule has 0 amide bonds. The van der Waals surface area contributed by atoms with Crippen LogP contribution in [0.3, 0.4) is 0 Å². The molecule has 0 bridgehead atoms. The molecule has 1 nitrogen and oxygen atoms in total. The number of hydrogen-bond acceptors (Lipinski definition) is 1. The molecule has 1 atom stereocenters. The van der Waals surface area contributed by atoms with Crippen LogP contribution in [-0.2, 0) is 4.57 Å². The van der Waals surface area contributed by atoms with Crippen LogP contribution in [0.25, 0.3) is 0 Å². The summed E-state index contributed by atoms with van der Waals surface area (Å²) < 4.78 is 13.1. The predicted molar refractivity (Wildman–Crippen MR) is 68.9 cm³/mol. The molecule has 0 radical (unpaired) electrons. The first-order chi connectivity index (χ1) is 7.27. The van der Waals surface area contributed by atoms with Crippen LogP contribution in [0.5, 0.6) is 0 Å². The molecule has 0 saturated carbocycles.